The molecule has 30 heavy (non-hydrogen) atoms. The maximum atomic E-state index is 13.7. The molecule has 2 aromatic carbocycles. The van der Waals surface area contributed by atoms with Crippen molar-refractivity contribution in [2.75, 3.05) is 17.2 Å². The Balaban J connectivity index is 1.58. The summed E-state index contributed by atoms with van der Waals surface area (Å²) in [5, 5.41) is 8.59. The van der Waals surface area contributed by atoms with Crippen molar-refractivity contribution >= 4 is 17.3 Å². The van der Waals surface area contributed by atoms with Gasteiger partial charge in [0.25, 0.3) is 0 Å². The van der Waals surface area contributed by atoms with Crippen LogP contribution in [0.25, 0.3) is 11.4 Å². The fraction of sp³-hybridized carbons (Fsp3) is 0.250. The molecular formula is C20H18F4N4O2. The zero-order valence-electron chi connectivity index (χ0n) is 15.9. The number of nitrogens with one attached hydrogen (secondary N) is 2. The van der Waals surface area contributed by atoms with Gasteiger partial charge in [-0.05, 0) is 30.7 Å². The van der Waals surface area contributed by atoms with Crippen LogP contribution in [0.2, 0.25) is 0 Å². The quantitative estimate of drug-likeness (QED) is 0.538. The highest BCUT2D eigenvalue weighted by atomic mass is 19.4. The Morgan fingerprint density at radius 1 is 1.13 bits per heavy atom. The van der Waals surface area contributed by atoms with Crippen LogP contribution >= 0.6 is 0 Å². The molecule has 6 nitrogen and oxygen atoms in total. The summed E-state index contributed by atoms with van der Waals surface area (Å²) in [6, 6.07) is 10.6. The zero-order valence-corrected chi connectivity index (χ0v) is 15.9. The zero-order chi connectivity index (χ0) is 21.7. The highest BCUT2D eigenvalue weighted by Gasteiger charge is 2.27. The first-order valence-corrected chi connectivity index (χ1v) is 9.00. The van der Waals surface area contributed by atoms with E-state index in [9.17, 15) is 22.4 Å². The number of alkyl halides is 3. The number of para-hydroxylation sites is 2. The second-order valence-electron chi connectivity index (χ2n) is 6.54. The Bertz CT molecular complexity index is 1030. The van der Waals surface area contributed by atoms with E-state index in [-0.39, 0.29) is 35.9 Å². The number of carbonyl (C=O) groups excluding carboxylic acids is 1. The van der Waals surface area contributed by atoms with Crippen LogP contribution < -0.4 is 10.6 Å². The normalized spacial score (nSPS) is 11.4. The van der Waals surface area contributed by atoms with Crippen LogP contribution in [0.5, 0.6) is 0 Å². The minimum absolute atomic E-state index is 0.0303. The number of halogens is 4. The van der Waals surface area contributed by atoms with Crippen molar-refractivity contribution in [2.24, 2.45) is 0 Å². The maximum absolute atomic E-state index is 13.7. The highest BCUT2D eigenvalue weighted by Crippen LogP contribution is 2.24. The number of aromatic nitrogens is 2. The van der Waals surface area contributed by atoms with Crippen molar-refractivity contribution in [1.82, 2.24) is 10.1 Å². The molecule has 0 saturated heterocycles. The average Bonchev–Trinajstić information content (AvgIpc) is 3.16. The van der Waals surface area contributed by atoms with Gasteiger partial charge in [0.15, 0.2) is 0 Å². The molecule has 3 aromatic rings. The molecule has 2 N–H and O–H groups in total. The monoisotopic (exact) mass is 422 g/mol. The number of carbonyl (C=O) groups is 1. The first kappa shape index (κ1) is 21.3. The van der Waals surface area contributed by atoms with Gasteiger partial charge in [-0.3, -0.25) is 4.79 Å². The van der Waals surface area contributed by atoms with Crippen molar-refractivity contribution in [3.05, 3.63) is 59.7 Å². The number of aryl methyl sites for hydroxylation is 2. The fourth-order valence-corrected chi connectivity index (χ4v) is 2.58. The second-order valence-corrected chi connectivity index (χ2v) is 6.54. The predicted octanol–water partition coefficient (Wildman–Crippen LogP) is 4.73. The molecule has 1 aromatic heterocycles. The van der Waals surface area contributed by atoms with Gasteiger partial charge in [0.1, 0.15) is 12.4 Å². The molecule has 0 aliphatic rings. The molecule has 0 atom stereocenters. The summed E-state index contributed by atoms with van der Waals surface area (Å²) >= 11 is 0. The third kappa shape index (κ3) is 5.79. The fourth-order valence-electron chi connectivity index (χ4n) is 2.58. The molecule has 158 valence electrons. The molecule has 0 fully saturated rings. The van der Waals surface area contributed by atoms with E-state index in [0.29, 0.717) is 11.1 Å². The lowest BCUT2D eigenvalue weighted by molar-refractivity contribution is -0.116. The van der Waals surface area contributed by atoms with E-state index >= 15 is 0 Å². The Morgan fingerprint density at radius 3 is 2.57 bits per heavy atom. The van der Waals surface area contributed by atoms with Gasteiger partial charge in [0, 0.05) is 18.4 Å². The van der Waals surface area contributed by atoms with E-state index in [0.717, 1.165) is 0 Å². The van der Waals surface area contributed by atoms with Gasteiger partial charge in [-0.1, -0.05) is 29.4 Å². The van der Waals surface area contributed by atoms with E-state index in [1.165, 1.54) is 18.2 Å². The molecule has 0 radical (unpaired) electrons. The molecule has 0 saturated carbocycles. The van der Waals surface area contributed by atoms with Gasteiger partial charge in [0.2, 0.25) is 17.6 Å². The topological polar surface area (TPSA) is 80.0 Å². The molecule has 0 bridgehead atoms. The number of hydrogen-bond donors (Lipinski definition) is 2. The van der Waals surface area contributed by atoms with Crippen molar-refractivity contribution in [3.8, 4) is 11.4 Å². The number of amides is 1. The molecule has 10 heteroatoms. The van der Waals surface area contributed by atoms with Gasteiger partial charge >= 0.3 is 6.18 Å². The van der Waals surface area contributed by atoms with Crippen LogP contribution in [0.4, 0.5) is 28.9 Å². The summed E-state index contributed by atoms with van der Waals surface area (Å²) < 4.78 is 56.0. The number of nitrogens with zero attached hydrogens (tertiary/aromatic N) is 2. The summed E-state index contributed by atoms with van der Waals surface area (Å²) in [7, 11) is 0. The Labute approximate surface area is 169 Å². The summed E-state index contributed by atoms with van der Waals surface area (Å²) in [6.45, 7) is 0.417. The molecular weight excluding hydrogens is 404 g/mol. The lowest BCUT2D eigenvalue weighted by Gasteiger charge is -2.14. The van der Waals surface area contributed by atoms with Crippen LogP contribution in [-0.2, 0) is 11.2 Å². The van der Waals surface area contributed by atoms with Crippen molar-refractivity contribution in [2.45, 2.75) is 25.9 Å². The minimum atomic E-state index is -4.38. The Morgan fingerprint density at radius 2 is 1.87 bits per heavy atom. The summed E-state index contributed by atoms with van der Waals surface area (Å²) in [4.78, 5) is 16.3. The van der Waals surface area contributed by atoms with E-state index in [2.05, 4.69) is 20.8 Å². The third-order valence-electron chi connectivity index (χ3n) is 4.14. The molecule has 1 heterocycles. The number of benzene rings is 2. The first-order chi connectivity index (χ1) is 14.2. The van der Waals surface area contributed by atoms with E-state index in [4.69, 9.17) is 4.52 Å². The van der Waals surface area contributed by atoms with Gasteiger partial charge in [-0.15, -0.1) is 0 Å². The standard InChI is InChI=1S/C20H18F4N4O2/c1-12-6-7-13(10-14(12)21)19-27-18(30-28-19)9-8-17(29)26-16-5-3-2-4-15(16)25-11-20(22,23)24/h2-7,10,25H,8-9,11H2,1H3,(H,26,29). The first-order valence-electron chi connectivity index (χ1n) is 9.00. The Hall–Kier alpha value is -3.43. The SMILES string of the molecule is Cc1ccc(-c2noc(CCC(=O)Nc3ccccc3NCC(F)(F)F)n2)cc1F. The van der Waals surface area contributed by atoms with Crippen LogP contribution in [0.15, 0.2) is 47.0 Å². The number of anilines is 2. The number of rotatable bonds is 7. The maximum Gasteiger partial charge on any atom is 0.405 e. The van der Waals surface area contributed by atoms with E-state index < -0.39 is 24.4 Å². The molecule has 0 spiro atoms. The van der Waals surface area contributed by atoms with Gasteiger partial charge in [0.05, 0.1) is 11.4 Å². The van der Waals surface area contributed by atoms with Crippen molar-refractivity contribution in [1.29, 1.82) is 0 Å². The van der Waals surface area contributed by atoms with E-state index in [1.807, 2.05) is 0 Å². The summed E-state index contributed by atoms with van der Waals surface area (Å²) in [5.41, 5.74) is 1.32. The van der Waals surface area contributed by atoms with Crippen LogP contribution in [0.1, 0.15) is 17.9 Å². The van der Waals surface area contributed by atoms with E-state index in [1.54, 1.807) is 31.2 Å². The molecule has 3 rings (SSSR count). The number of hydrogen-bond acceptors (Lipinski definition) is 5. The highest BCUT2D eigenvalue weighted by molar-refractivity contribution is 5.94. The van der Waals surface area contributed by atoms with Gasteiger partial charge in [-0.2, -0.15) is 18.2 Å². The minimum Gasteiger partial charge on any atom is -0.375 e. The third-order valence-corrected chi connectivity index (χ3v) is 4.14. The van der Waals surface area contributed by atoms with Crippen LogP contribution in [0.3, 0.4) is 0 Å². The molecule has 0 aliphatic carbocycles. The molecule has 1 amide bonds. The van der Waals surface area contributed by atoms with Gasteiger partial charge < -0.3 is 15.2 Å². The average molecular weight is 422 g/mol. The summed E-state index contributed by atoms with van der Waals surface area (Å²) in [5.74, 6) is -0.441. The van der Waals surface area contributed by atoms with Crippen LogP contribution in [0, 0.1) is 12.7 Å². The smallest absolute Gasteiger partial charge is 0.375 e. The van der Waals surface area contributed by atoms with Crippen molar-refractivity contribution < 1.29 is 26.9 Å². The summed E-state index contributed by atoms with van der Waals surface area (Å²) in [6.07, 6.45) is -4.30. The van der Waals surface area contributed by atoms with Crippen LogP contribution in [-0.4, -0.2) is 28.8 Å². The Kier molecular flexibility index (Phi) is 6.34. The van der Waals surface area contributed by atoms with Crippen molar-refractivity contribution in [3.63, 3.8) is 0 Å². The lowest BCUT2D eigenvalue weighted by atomic mass is 10.1. The molecule has 0 unspecified atom stereocenters. The largest absolute Gasteiger partial charge is 0.405 e. The second kappa shape index (κ2) is 8.93. The molecule has 0 aliphatic heterocycles. The predicted molar refractivity (Wildman–Crippen MR) is 102 cm³/mol. The lowest BCUT2D eigenvalue weighted by Crippen LogP contribution is -2.22. The van der Waals surface area contributed by atoms with Gasteiger partial charge in [-0.25, -0.2) is 4.39 Å².